The second-order valence-corrected chi connectivity index (χ2v) is 10.6. The lowest BCUT2D eigenvalue weighted by Crippen LogP contribution is -2.46. The number of piperazine rings is 1. The molecule has 1 fully saturated rings. The minimum atomic E-state index is -3.57. The number of hydrogen-bond donors (Lipinski definition) is 1. The zero-order chi connectivity index (χ0) is 23.9. The van der Waals surface area contributed by atoms with Crippen LogP contribution in [-0.2, 0) is 22.9 Å². The molecule has 0 unspecified atom stereocenters. The maximum Gasteiger partial charge on any atom is 0.276 e. The molecule has 1 N–H and O–H groups in total. The molecule has 0 radical (unpaired) electrons. The molecule has 0 saturated carbocycles. The van der Waals surface area contributed by atoms with E-state index in [2.05, 4.69) is 15.3 Å². The van der Waals surface area contributed by atoms with Gasteiger partial charge in [-0.3, -0.25) is 4.79 Å². The number of nitrogens with one attached hydrogen (secondary N) is 1. The van der Waals surface area contributed by atoms with Crippen molar-refractivity contribution in [2.45, 2.75) is 24.2 Å². The molecule has 1 amide bonds. The largest absolute Gasteiger partial charge is 0.321 e. The van der Waals surface area contributed by atoms with Crippen molar-refractivity contribution in [3.63, 3.8) is 0 Å². The van der Waals surface area contributed by atoms with Crippen LogP contribution in [0.3, 0.4) is 0 Å². The number of benzene rings is 2. The summed E-state index contributed by atoms with van der Waals surface area (Å²) in [7, 11) is -1.60. The number of carbonyl (C=O) groups excluding carboxylic acids is 1. The summed E-state index contributed by atoms with van der Waals surface area (Å²) < 4.78 is 42.4. The van der Waals surface area contributed by atoms with E-state index < -0.39 is 10.0 Å². The molecule has 8 nitrogen and oxygen atoms in total. The number of carbonyl (C=O) groups is 1. The predicted molar refractivity (Wildman–Crippen MR) is 126 cm³/mol. The standard InChI is InChI=1S/C24H26FN5O3S/c1-28-13-15-29(16-14-28)34(32,33)20-11-7-18(8-12-20)26-24(31)23-21-3-2-4-22(21)30(27-23)19-9-5-17(25)6-10-19/h5-12H,2-4,13-16H2,1H3,(H,26,31). The van der Waals surface area contributed by atoms with Crippen LogP contribution in [0, 0.1) is 5.82 Å². The molecule has 2 aliphatic rings. The fourth-order valence-corrected chi connectivity index (χ4v) is 5.92. The minimum absolute atomic E-state index is 0.205. The summed E-state index contributed by atoms with van der Waals surface area (Å²) in [6.45, 7) is 2.31. The van der Waals surface area contributed by atoms with E-state index in [1.54, 1.807) is 28.9 Å². The number of rotatable bonds is 5. The molecular weight excluding hydrogens is 457 g/mol. The van der Waals surface area contributed by atoms with Gasteiger partial charge in [0.05, 0.1) is 10.6 Å². The fourth-order valence-electron chi connectivity index (χ4n) is 4.49. The van der Waals surface area contributed by atoms with Gasteiger partial charge in [0.1, 0.15) is 5.82 Å². The van der Waals surface area contributed by atoms with Crippen LogP contribution >= 0.6 is 0 Å². The van der Waals surface area contributed by atoms with Crippen LogP contribution in [0.4, 0.5) is 10.1 Å². The van der Waals surface area contributed by atoms with Crippen LogP contribution in [0.25, 0.3) is 5.69 Å². The Labute approximate surface area is 198 Å². The molecular formula is C24H26FN5O3S. The highest BCUT2D eigenvalue weighted by molar-refractivity contribution is 7.89. The van der Waals surface area contributed by atoms with Crippen molar-refractivity contribution in [3.8, 4) is 5.69 Å². The summed E-state index contributed by atoms with van der Waals surface area (Å²) >= 11 is 0. The Balaban J connectivity index is 1.34. The zero-order valence-electron chi connectivity index (χ0n) is 18.9. The van der Waals surface area contributed by atoms with E-state index in [9.17, 15) is 17.6 Å². The van der Waals surface area contributed by atoms with Gasteiger partial charge in [-0.25, -0.2) is 17.5 Å². The molecule has 178 valence electrons. The summed E-state index contributed by atoms with van der Waals surface area (Å²) in [4.78, 5) is 15.4. The van der Waals surface area contributed by atoms with Crippen molar-refractivity contribution in [2.24, 2.45) is 0 Å². The van der Waals surface area contributed by atoms with E-state index in [1.165, 1.54) is 28.6 Å². The van der Waals surface area contributed by atoms with Crippen LogP contribution in [0.15, 0.2) is 53.4 Å². The van der Waals surface area contributed by atoms with Gasteiger partial charge >= 0.3 is 0 Å². The monoisotopic (exact) mass is 483 g/mol. The average Bonchev–Trinajstić information content (AvgIpc) is 3.43. The van der Waals surface area contributed by atoms with Gasteiger partial charge in [0, 0.05) is 43.1 Å². The second kappa shape index (κ2) is 8.94. The third kappa shape index (κ3) is 4.24. The normalized spacial score (nSPS) is 17.0. The molecule has 0 bridgehead atoms. The molecule has 1 saturated heterocycles. The Morgan fingerprint density at radius 1 is 0.971 bits per heavy atom. The molecule has 2 heterocycles. The predicted octanol–water partition coefficient (Wildman–Crippen LogP) is 2.69. The summed E-state index contributed by atoms with van der Waals surface area (Å²) in [5, 5.41) is 7.36. The molecule has 5 rings (SSSR count). The molecule has 1 aliphatic heterocycles. The van der Waals surface area contributed by atoms with E-state index in [1.807, 2.05) is 7.05 Å². The molecule has 3 aromatic rings. The molecule has 34 heavy (non-hydrogen) atoms. The number of halogens is 1. The van der Waals surface area contributed by atoms with Gasteiger partial charge in [0.2, 0.25) is 10.0 Å². The fraction of sp³-hybridized carbons (Fsp3) is 0.333. The minimum Gasteiger partial charge on any atom is -0.321 e. The number of fused-ring (bicyclic) bond motifs is 1. The van der Waals surface area contributed by atoms with Crippen LogP contribution < -0.4 is 5.32 Å². The Hall–Kier alpha value is -3.08. The highest BCUT2D eigenvalue weighted by Gasteiger charge is 2.29. The number of aromatic nitrogens is 2. The van der Waals surface area contributed by atoms with Gasteiger partial charge in [0.15, 0.2) is 5.69 Å². The van der Waals surface area contributed by atoms with Gasteiger partial charge in [-0.1, -0.05) is 0 Å². The van der Waals surface area contributed by atoms with E-state index in [0.29, 0.717) is 43.2 Å². The zero-order valence-corrected chi connectivity index (χ0v) is 19.7. The highest BCUT2D eigenvalue weighted by atomic mass is 32.2. The molecule has 0 atom stereocenters. The smallest absolute Gasteiger partial charge is 0.276 e. The van der Waals surface area contributed by atoms with Crippen molar-refractivity contribution in [3.05, 3.63) is 71.3 Å². The lowest BCUT2D eigenvalue weighted by molar-refractivity contribution is 0.102. The number of amides is 1. The maximum absolute atomic E-state index is 13.3. The van der Waals surface area contributed by atoms with E-state index in [4.69, 9.17) is 0 Å². The van der Waals surface area contributed by atoms with Crippen molar-refractivity contribution >= 4 is 21.6 Å². The first kappa shape index (κ1) is 22.7. The third-order valence-electron chi connectivity index (χ3n) is 6.43. The lowest BCUT2D eigenvalue weighted by atomic mass is 10.2. The highest BCUT2D eigenvalue weighted by Crippen LogP contribution is 2.29. The van der Waals surface area contributed by atoms with Crippen molar-refractivity contribution in [1.82, 2.24) is 19.0 Å². The summed E-state index contributed by atoms with van der Waals surface area (Å²) in [5.74, 6) is -0.683. The summed E-state index contributed by atoms with van der Waals surface area (Å²) in [5.41, 5.74) is 3.40. The Morgan fingerprint density at radius 2 is 1.65 bits per heavy atom. The molecule has 2 aromatic carbocycles. The number of hydrogen-bond acceptors (Lipinski definition) is 5. The number of anilines is 1. The quantitative estimate of drug-likeness (QED) is 0.603. The van der Waals surface area contributed by atoms with Crippen molar-refractivity contribution < 1.29 is 17.6 Å². The Bertz CT molecular complexity index is 1310. The van der Waals surface area contributed by atoms with Crippen LogP contribution in [0.2, 0.25) is 0 Å². The SMILES string of the molecule is CN1CCN(S(=O)(=O)c2ccc(NC(=O)c3nn(-c4ccc(F)cc4)c4c3CCC4)cc2)CC1. The van der Waals surface area contributed by atoms with E-state index in [-0.39, 0.29) is 16.6 Å². The Morgan fingerprint density at radius 3 is 2.32 bits per heavy atom. The summed E-state index contributed by atoms with van der Waals surface area (Å²) in [6.07, 6.45) is 2.47. The van der Waals surface area contributed by atoms with Gasteiger partial charge in [-0.05, 0) is 74.8 Å². The van der Waals surface area contributed by atoms with Crippen molar-refractivity contribution in [1.29, 1.82) is 0 Å². The number of likely N-dealkylation sites (N-methyl/N-ethyl adjacent to an activating group) is 1. The molecule has 1 aliphatic carbocycles. The topological polar surface area (TPSA) is 87.5 Å². The van der Waals surface area contributed by atoms with Gasteiger partial charge < -0.3 is 10.2 Å². The first-order valence-corrected chi connectivity index (χ1v) is 12.7. The maximum atomic E-state index is 13.3. The third-order valence-corrected chi connectivity index (χ3v) is 8.34. The number of nitrogens with zero attached hydrogens (tertiary/aromatic N) is 4. The van der Waals surface area contributed by atoms with E-state index >= 15 is 0 Å². The van der Waals surface area contributed by atoms with Crippen LogP contribution in [-0.4, -0.2) is 66.5 Å². The lowest BCUT2D eigenvalue weighted by Gasteiger charge is -2.31. The van der Waals surface area contributed by atoms with Gasteiger partial charge in [-0.2, -0.15) is 9.40 Å². The first-order chi connectivity index (χ1) is 16.3. The van der Waals surface area contributed by atoms with Crippen LogP contribution in [0.5, 0.6) is 0 Å². The van der Waals surface area contributed by atoms with Gasteiger partial charge in [0.25, 0.3) is 5.91 Å². The molecule has 0 spiro atoms. The Kier molecular flexibility index (Phi) is 5.97. The number of sulfonamides is 1. The molecule has 10 heteroatoms. The van der Waals surface area contributed by atoms with Gasteiger partial charge in [-0.15, -0.1) is 0 Å². The average molecular weight is 484 g/mol. The second-order valence-electron chi connectivity index (χ2n) is 8.70. The van der Waals surface area contributed by atoms with Crippen molar-refractivity contribution in [2.75, 3.05) is 38.5 Å². The van der Waals surface area contributed by atoms with E-state index in [0.717, 1.165) is 30.5 Å². The summed E-state index contributed by atoms with van der Waals surface area (Å²) in [6, 6.07) is 12.3. The van der Waals surface area contributed by atoms with Crippen LogP contribution in [0.1, 0.15) is 28.2 Å². The first-order valence-electron chi connectivity index (χ1n) is 11.3. The molecule has 1 aromatic heterocycles.